The minimum atomic E-state index is -1.22. The summed E-state index contributed by atoms with van der Waals surface area (Å²) in [6.45, 7) is 6.03. The fourth-order valence-electron chi connectivity index (χ4n) is 8.04. The predicted octanol–water partition coefficient (Wildman–Crippen LogP) is 1.73. The lowest BCUT2D eigenvalue weighted by atomic mass is 9.83. The van der Waals surface area contributed by atoms with Gasteiger partial charge >= 0.3 is 0 Å². The van der Waals surface area contributed by atoms with Crippen molar-refractivity contribution in [2.75, 3.05) is 106 Å². The van der Waals surface area contributed by atoms with Gasteiger partial charge in [-0.25, -0.2) is 0 Å². The highest BCUT2D eigenvalue weighted by Gasteiger charge is 2.32. The Labute approximate surface area is 441 Å². The minimum absolute atomic E-state index is 0.00291. The van der Waals surface area contributed by atoms with Crippen molar-refractivity contribution in [2.24, 2.45) is 23.5 Å². The number of benzene rings is 2. The maximum atomic E-state index is 14.0. The third kappa shape index (κ3) is 22.5. The highest BCUT2D eigenvalue weighted by atomic mass is 16.5. The van der Waals surface area contributed by atoms with Gasteiger partial charge in [0.25, 0.3) is 0 Å². The van der Waals surface area contributed by atoms with Crippen LogP contribution in [0, 0.1) is 30.1 Å². The normalized spacial score (nSPS) is 12.4. The van der Waals surface area contributed by atoms with E-state index in [1.807, 2.05) is 30.3 Å². The van der Waals surface area contributed by atoms with E-state index in [9.17, 15) is 53.1 Å². The molecule has 2 aromatic rings. The molecular weight excluding hydrogens is 967 g/mol. The molecule has 0 fully saturated rings. The van der Waals surface area contributed by atoms with Crippen molar-refractivity contribution < 1.29 is 62.5 Å². The number of aliphatic hydroxyl groups is 1. The van der Waals surface area contributed by atoms with E-state index >= 15 is 0 Å². The average molecular weight is 1040 g/mol. The molecule has 7 amide bonds. The Balaban J connectivity index is 2.23. The number of carbonyl (C=O) groups is 10. The largest absolute Gasteiger partial charge is 0.396 e. The van der Waals surface area contributed by atoms with Gasteiger partial charge in [-0.1, -0.05) is 86.5 Å². The van der Waals surface area contributed by atoms with Gasteiger partial charge in [-0.3, -0.25) is 47.9 Å². The molecule has 410 valence electrons. The maximum Gasteiger partial charge on any atom is 0.243 e. The van der Waals surface area contributed by atoms with E-state index in [1.54, 1.807) is 44.2 Å². The van der Waals surface area contributed by atoms with Crippen molar-refractivity contribution in [1.82, 2.24) is 29.4 Å². The summed E-state index contributed by atoms with van der Waals surface area (Å²) < 4.78 is 10.4. The van der Waals surface area contributed by atoms with Crippen molar-refractivity contribution >= 4 is 58.7 Å². The number of terminal acetylenes is 1. The smallest absolute Gasteiger partial charge is 0.243 e. The number of nitrogens with two attached hydrogens (primary N) is 1. The quantitative estimate of drug-likeness (QED) is 0.0724. The Morgan fingerprint density at radius 3 is 1.65 bits per heavy atom. The van der Waals surface area contributed by atoms with Crippen molar-refractivity contribution in [2.45, 2.75) is 65.8 Å². The van der Waals surface area contributed by atoms with Crippen LogP contribution in [0.3, 0.4) is 0 Å². The van der Waals surface area contributed by atoms with Crippen LogP contribution < -0.4 is 5.73 Å². The van der Waals surface area contributed by atoms with Crippen LogP contribution in [0.25, 0.3) is 0 Å². The summed E-state index contributed by atoms with van der Waals surface area (Å²) in [5.41, 5.74) is 6.97. The zero-order chi connectivity index (χ0) is 56.0. The van der Waals surface area contributed by atoms with Gasteiger partial charge in [0.1, 0.15) is 31.2 Å². The standard InChI is InChI=1S/C55H77N7O13/c1-9-22-57(50(68)35-58(23-10-2)52(70)37-61(26-28-75-8)54(72)38-62(42(6)64)41(5)44-20-16-13-17-21-44)34-51(69)59(24-11-3)36-53(71)60(25-27-74-7)33-47(65)31-46(39-63)49(67)32-45(30-43-18-14-12-15-19-43)48(66)29-40(4)55(56)73/h3,10,12-21,40-41,45-46,63H,2,9,22-39H2,1,4-8H3,(H2,56,73). The number of Topliss-reactive ketones (excluding diaryl/α,β-unsaturated/α-hetero) is 3. The molecule has 3 N–H and O–H groups in total. The number of rotatable bonds is 37. The zero-order valence-electron chi connectivity index (χ0n) is 44.5. The monoisotopic (exact) mass is 1040 g/mol. The molecule has 20 heteroatoms. The molecule has 4 unspecified atom stereocenters. The van der Waals surface area contributed by atoms with Crippen LogP contribution in [0.15, 0.2) is 73.3 Å². The molecule has 0 heterocycles. The highest BCUT2D eigenvalue weighted by molar-refractivity contribution is 5.96. The number of primary amides is 1. The van der Waals surface area contributed by atoms with E-state index in [0.29, 0.717) is 6.42 Å². The molecule has 0 aromatic heterocycles. The third-order valence-corrected chi connectivity index (χ3v) is 12.5. The molecule has 75 heavy (non-hydrogen) atoms. The SMILES string of the molecule is C#CCN(CC(=O)N(CCOC)CC(=O)CC(CO)C(=O)CC(Cc1ccccc1)C(=O)CC(C)C(N)=O)C(=O)CN(CCC)C(=O)CN(CC=C)C(=O)CN(CCOC)C(=O)CN(C(C)=O)C(C)c1ccccc1. The summed E-state index contributed by atoms with van der Waals surface area (Å²) in [7, 11) is 2.82. The van der Waals surface area contributed by atoms with E-state index in [1.165, 1.54) is 53.7 Å². The van der Waals surface area contributed by atoms with E-state index in [0.717, 1.165) is 20.9 Å². The van der Waals surface area contributed by atoms with Gasteiger partial charge in [-0.05, 0) is 30.9 Å². The van der Waals surface area contributed by atoms with Gasteiger partial charge in [-0.15, -0.1) is 13.0 Å². The number of carbonyl (C=O) groups excluding carboxylic acids is 10. The first-order valence-corrected chi connectivity index (χ1v) is 25.0. The summed E-state index contributed by atoms with van der Waals surface area (Å²) in [5, 5.41) is 10.3. The number of nitrogens with zero attached hydrogens (tertiary/aromatic N) is 6. The van der Waals surface area contributed by atoms with E-state index in [4.69, 9.17) is 21.6 Å². The molecule has 2 rings (SSSR count). The Hall–Kier alpha value is -7.08. The Kier molecular flexibility index (Phi) is 29.4. The molecular formula is C55H77N7O13. The summed E-state index contributed by atoms with van der Waals surface area (Å²) in [6.07, 6.45) is 6.63. The lowest BCUT2D eigenvalue weighted by Crippen LogP contribution is -2.52. The van der Waals surface area contributed by atoms with Crippen LogP contribution >= 0.6 is 0 Å². The van der Waals surface area contributed by atoms with Crippen LogP contribution in [0.5, 0.6) is 0 Å². The molecule has 20 nitrogen and oxygen atoms in total. The van der Waals surface area contributed by atoms with Crippen LogP contribution in [-0.2, 0) is 63.8 Å². The van der Waals surface area contributed by atoms with Gasteiger partial charge in [-0.2, -0.15) is 0 Å². The molecule has 0 aliphatic rings. The zero-order valence-corrected chi connectivity index (χ0v) is 44.5. The Morgan fingerprint density at radius 2 is 1.15 bits per heavy atom. The topological polar surface area (TPSA) is 255 Å². The van der Waals surface area contributed by atoms with Crippen molar-refractivity contribution in [1.29, 1.82) is 0 Å². The van der Waals surface area contributed by atoms with Crippen molar-refractivity contribution in [3.63, 3.8) is 0 Å². The number of ketones is 3. The minimum Gasteiger partial charge on any atom is -0.396 e. The number of methoxy groups -OCH3 is 2. The molecule has 0 radical (unpaired) electrons. The van der Waals surface area contributed by atoms with Crippen LogP contribution in [0.2, 0.25) is 0 Å². The number of hydrogen-bond acceptors (Lipinski definition) is 13. The first kappa shape index (κ1) is 64.0. The molecule has 0 bridgehead atoms. The summed E-state index contributed by atoms with van der Waals surface area (Å²) in [4.78, 5) is 142. The van der Waals surface area contributed by atoms with Crippen molar-refractivity contribution in [3.05, 3.63) is 84.4 Å². The first-order chi connectivity index (χ1) is 35.7. The molecule has 0 aliphatic carbocycles. The Morgan fingerprint density at radius 1 is 0.667 bits per heavy atom. The predicted molar refractivity (Wildman–Crippen MR) is 280 cm³/mol. The lowest BCUT2D eigenvalue weighted by Gasteiger charge is -2.32. The van der Waals surface area contributed by atoms with Crippen LogP contribution in [0.1, 0.15) is 70.5 Å². The van der Waals surface area contributed by atoms with E-state index in [-0.39, 0.29) is 83.4 Å². The number of amides is 7. The summed E-state index contributed by atoms with van der Waals surface area (Å²) in [5.74, 6) is -6.25. The summed E-state index contributed by atoms with van der Waals surface area (Å²) in [6, 6.07) is 17.6. The second-order valence-corrected chi connectivity index (χ2v) is 18.3. The van der Waals surface area contributed by atoms with Gasteiger partial charge in [0.05, 0.1) is 52.0 Å². The van der Waals surface area contributed by atoms with Gasteiger partial charge in [0.2, 0.25) is 41.4 Å². The second kappa shape index (κ2) is 34.4. The number of aliphatic hydroxyl groups excluding tert-OH is 1. The summed E-state index contributed by atoms with van der Waals surface area (Å²) >= 11 is 0. The van der Waals surface area contributed by atoms with Crippen LogP contribution in [-0.4, -0.2) is 199 Å². The molecule has 0 saturated heterocycles. The van der Waals surface area contributed by atoms with E-state index < -0.39 is 117 Å². The van der Waals surface area contributed by atoms with Gasteiger partial charge in [0, 0.05) is 84.3 Å². The molecule has 0 saturated carbocycles. The second-order valence-electron chi connectivity index (χ2n) is 18.3. The average Bonchev–Trinajstić information content (AvgIpc) is 3.38. The highest BCUT2D eigenvalue weighted by Crippen LogP contribution is 2.23. The van der Waals surface area contributed by atoms with Crippen LogP contribution in [0.4, 0.5) is 0 Å². The van der Waals surface area contributed by atoms with Crippen molar-refractivity contribution in [3.8, 4) is 12.3 Å². The van der Waals surface area contributed by atoms with Gasteiger partial charge < -0.3 is 49.7 Å². The number of ether oxygens (including phenoxy) is 2. The Bertz CT molecular complexity index is 2270. The fourth-order valence-corrected chi connectivity index (χ4v) is 8.04. The van der Waals surface area contributed by atoms with Gasteiger partial charge in [0.15, 0.2) is 5.78 Å². The molecule has 0 spiro atoms. The maximum absolute atomic E-state index is 14.0. The first-order valence-electron chi connectivity index (χ1n) is 25.0. The fraction of sp³-hybridized carbons (Fsp3) is 0.527. The third-order valence-electron chi connectivity index (χ3n) is 12.5. The number of hydrogen-bond donors (Lipinski definition) is 2. The molecule has 2 aromatic carbocycles. The molecule has 0 aliphatic heterocycles. The lowest BCUT2D eigenvalue weighted by molar-refractivity contribution is -0.148. The molecule has 4 atom stereocenters. The van der Waals surface area contributed by atoms with E-state index in [2.05, 4.69) is 12.5 Å².